The van der Waals surface area contributed by atoms with E-state index < -0.39 is 0 Å². The molecule has 1 atom stereocenters. The molecule has 0 amide bonds. The zero-order chi connectivity index (χ0) is 14.5. The molecule has 0 fully saturated rings. The number of hydrogen-bond donors (Lipinski definition) is 1. The smallest absolute Gasteiger partial charge is 0.0135 e. The fraction of sp³-hybridized carbons (Fsp3) is 0.733. The fourth-order valence-electron chi connectivity index (χ4n) is 1.82. The first kappa shape index (κ1) is 25.9. The van der Waals surface area contributed by atoms with E-state index in [2.05, 4.69) is 65.4 Å². The van der Waals surface area contributed by atoms with Crippen molar-refractivity contribution >= 4 is 9.52 Å². The van der Waals surface area contributed by atoms with Gasteiger partial charge in [0.15, 0.2) is 0 Å². The molecule has 1 aliphatic rings. The van der Waals surface area contributed by atoms with Crippen molar-refractivity contribution in [2.45, 2.75) is 67.1 Å². The largest absolute Gasteiger partial charge is 1.00 e. The maximum atomic E-state index is 3.71. The Labute approximate surface area is 150 Å². The maximum Gasteiger partial charge on any atom is 0.0135 e. The summed E-state index contributed by atoms with van der Waals surface area (Å²) in [5, 5.41) is 0. The molecule has 5 heteroatoms. The van der Waals surface area contributed by atoms with E-state index in [0.717, 1.165) is 0 Å². The van der Waals surface area contributed by atoms with Crippen LogP contribution in [0.5, 0.6) is 0 Å². The second kappa shape index (κ2) is 11.5. The molecule has 0 spiro atoms. The summed E-state index contributed by atoms with van der Waals surface area (Å²) in [4.78, 5) is 0. The van der Waals surface area contributed by atoms with Crippen molar-refractivity contribution in [2.24, 2.45) is 5.92 Å². The summed E-state index contributed by atoms with van der Waals surface area (Å²) in [6.07, 6.45) is 0. The first-order valence-electron chi connectivity index (χ1n) is 7.07. The van der Waals surface area contributed by atoms with E-state index in [1.165, 1.54) is 5.57 Å². The summed E-state index contributed by atoms with van der Waals surface area (Å²) < 4.78 is 5.40. The SMILES string of the molecule is CC1=C(C)C(C)[C]([Ti+2][NH]C(C)(C)C)=C1C.C[SiH2]C.[Cl-].[Cl-]. The summed E-state index contributed by atoms with van der Waals surface area (Å²) in [6.45, 7) is 20.4. The van der Waals surface area contributed by atoms with Crippen LogP contribution in [0.15, 0.2) is 20.6 Å². The average molecular weight is 372 g/mol. The van der Waals surface area contributed by atoms with E-state index >= 15 is 0 Å². The summed E-state index contributed by atoms with van der Waals surface area (Å²) in [7, 11) is 0.417. The molecule has 1 aliphatic carbocycles. The molecule has 1 rings (SSSR count). The molecule has 20 heavy (non-hydrogen) atoms. The van der Waals surface area contributed by atoms with E-state index in [1.54, 1.807) is 15.0 Å². The van der Waals surface area contributed by atoms with E-state index in [0.29, 0.717) is 15.4 Å². The molecule has 1 nitrogen and oxygen atoms in total. The first-order valence-corrected chi connectivity index (χ1v) is 11.5. The van der Waals surface area contributed by atoms with Crippen molar-refractivity contribution in [1.82, 2.24) is 3.80 Å². The normalized spacial score (nSPS) is 17.8. The average Bonchev–Trinajstić information content (AvgIpc) is 2.42. The zero-order valence-corrected chi connectivity index (χ0v) is 19.0. The van der Waals surface area contributed by atoms with Gasteiger partial charge in [0.05, 0.1) is 0 Å². The van der Waals surface area contributed by atoms with E-state index in [4.69, 9.17) is 0 Å². The van der Waals surface area contributed by atoms with Gasteiger partial charge >= 0.3 is 104 Å². The van der Waals surface area contributed by atoms with Crippen LogP contribution in [0.4, 0.5) is 0 Å². The van der Waals surface area contributed by atoms with Crippen LogP contribution in [0.25, 0.3) is 0 Å². The summed E-state index contributed by atoms with van der Waals surface area (Å²) in [5.74, 6) is 0.680. The van der Waals surface area contributed by atoms with Gasteiger partial charge in [-0.25, -0.2) is 0 Å². The second-order valence-electron chi connectivity index (χ2n) is 6.28. The molecule has 0 aromatic heterocycles. The number of nitrogens with one attached hydrogen (secondary N) is 1. The van der Waals surface area contributed by atoms with Gasteiger partial charge in [-0.05, 0) is 0 Å². The van der Waals surface area contributed by atoms with Crippen LogP contribution in [0.3, 0.4) is 0 Å². The van der Waals surface area contributed by atoms with Crippen molar-refractivity contribution in [3.05, 3.63) is 20.6 Å². The van der Waals surface area contributed by atoms with Crippen LogP contribution in [0, 0.1) is 5.92 Å². The molecule has 0 saturated heterocycles. The Morgan fingerprint density at radius 1 is 1.00 bits per heavy atom. The van der Waals surface area contributed by atoms with Gasteiger partial charge in [-0.3, -0.25) is 0 Å². The third-order valence-corrected chi connectivity index (χ3v) is 6.26. The number of rotatable bonds is 2. The molecule has 118 valence electrons. The Balaban J connectivity index is -0.000000530. The molecule has 0 bridgehead atoms. The predicted molar refractivity (Wildman–Crippen MR) is 83.4 cm³/mol. The summed E-state index contributed by atoms with van der Waals surface area (Å²) in [5.41, 5.74) is 4.91. The van der Waals surface area contributed by atoms with Gasteiger partial charge in [0.25, 0.3) is 0 Å². The van der Waals surface area contributed by atoms with Crippen LogP contribution in [0.2, 0.25) is 13.1 Å². The van der Waals surface area contributed by atoms with Crippen molar-refractivity contribution in [3.63, 3.8) is 0 Å². The summed E-state index contributed by atoms with van der Waals surface area (Å²) in [6, 6.07) is 0. The molecule has 1 unspecified atom stereocenters. The Morgan fingerprint density at radius 2 is 1.40 bits per heavy atom. The predicted octanol–water partition coefficient (Wildman–Crippen LogP) is -2.11. The van der Waals surface area contributed by atoms with Crippen LogP contribution in [-0.4, -0.2) is 15.1 Å². The van der Waals surface area contributed by atoms with Gasteiger partial charge in [0.2, 0.25) is 0 Å². The molecule has 0 aromatic rings. The number of allylic oxidation sites excluding steroid dienone is 4. The van der Waals surface area contributed by atoms with Crippen molar-refractivity contribution in [3.8, 4) is 0 Å². The maximum absolute atomic E-state index is 3.71. The van der Waals surface area contributed by atoms with Gasteiger partial charge in [-0.1, -0.05) is 13.1 Å². The third-order valence-electron chi connectivity index (χ3n) is 3.21. The van der Waals surface area contributed by atoms with Gasteiger partial charge in [-0.2, -0.15) is 0 Å². The first-order chi connectivity index (χ1) is 8.15. The Bertz CT molecular complexity index is 346. The minimum atomic E-state index is -0.156. The van der Waals surface area contributed by atoms with Gasteiger partial charge in [0.1, 0.15) is 0 Å². The Hall–Kier alpha value is 0.951. The van der Waals surface area contributed by atoms with Crippen molar-refractivity contribution in [1.29, 1.82) is 0 Å². The zero-order valence-electron chi connectivity index (χ0n) is 14.5. The number of halogens is 2. The minimum absolute atomic E-state index is 0. The topological polar surface area (TPSA) is 12.0 Å². The van der Waals surface area contributed by atoms with E-state index in [1.807, 2.05) is 0 Å². The quantitative estimate of drug-likeness (QED) is 0.548. The minimum Gasteiger partial charge on any atom is -1.00 e. The van der Waals surface area contributed by atoms with Crippen molar-refractivity contribution in [2.75, 3.05) is 0 Å². The molecule has 1 N–H and O–H groups in total. The second-order valence-corrected chi connectivity index (χ2v) is 9.31. The Morgan fingerprint density at radius 3 is 1.65 bits per heavy atom. The van der Waals surface area contributed by atoms with Crippen LogP contribution >= 0.6 is 0 Å². The molecular formula is C15H31Cl2NSiTi. The van der Waals surface area contributed by atoms with Gasteiger partial charge < -0.3 is 24.8 Å². The van der Waals surface area contributed by atoms with Gasteiger partial charge in [-0.15, -0.1) is 0 Å². The van der Waals surface area contributed by atoms with Crippen LogP contribution in [0.1, 0.15) is 48.5 Å². The molecule has 0 aliphatic heterocycles. The molecule has 0 saturated carbocycles. The molecular weight excluding hydrogens is 341 g/mol. The van der Waals surface area contributed by atoms with Crippen LogP contribution in [-0.2, 0) is 19.4 Å². The molecule has 0 heterocycles. The van der Waals surface area contributed by atoms with Crippen LogP contribution < -0.4 is 28.6 Å². The number of hydrogen-bond acceptors (Lipinski definition) is 1. The fourth-order valence-corrected chi connectivity index (χ4v) is 3.88. The molecule has 0 aromatic carbocycles. The monoisotopic (exact) mass is 371 g/mol. The van der Waals surface area contributed by atoms with Crippen molar-refractivity contribution < 1.29 is 44.2 Å². The Kier molecular flexibility index (Phi) is 14.9. The van der Waals surface area contributed by atoms with E-state index in [9.17, 15) is 0 Å². The molecule has 0 radical (unpaired) electrons. The third kappa shape index (κ3) is 8.41. The standard InChI is InChI=1S/C9H13.C4H10N.C2H8Si.2ClH.Ti/c1-6-5-7(2)9(4)8(6)3;1-4(2,3)5;1-3-2;;;/h6H,1-4H3;5H,1-3H3;3H2,1-2H3;2*1H;/q;-1;;;;+3/p-2. The van der Waals surface area contributed by atoms with E-state index in [-0.39, 0.29) is 49.8 Å². The van der Waals surface area contributed by atoms with Gasteiger partial charge in [0, 0.05) is 9.52 Å². The summed E-state index contributed by atoms with van der Waals surface area (Å²) >= 11 is -0.156.